The Hall–Kier alpha value is -1.97. The number of hydrogen-bond acceptors (Lipinski definition) is 6. The van der Waals surface area contributed by atoms with Crippen molar-refractivity contribution < 1.29 is 30.4 Å². The zero-order chi connectivity index (χ0) is 21.5. The van der Waals surface area contributed by atoms with E-state index < -0.39 is 31.1 Å². The van der Waals surface area contributed by atoms with Crippen LogP contribution in [0.1, 0.15) is 58.3 Å². The highest BCUT2D eigenvalue weighted by atomic mass is 32.2. The van der Waals surface area contributed by atoms with Crippen molar-refractivity contribution in [2.75, 3.05) is 0 Å². The summed E-state index contributed by atoms with van der Waals surface area (Å²) in [4.78, 5) is 11.3. The van der Waals surface area contributed by atoms with E-state index in [1.54, 1.807) is 0 Å². The first-order chi connectivity index (χ1) is 13.7. The van der Waals surface area contributed by atoms with Gasteiger partial charge in [0.05, 0.1) is 0 Å². The molecule has 0 amide bonds. The average Bonchev–Trinajstić information content (AvgIpc) is 2.65. The van der Waals surface area contributed by atoms with Gasteiger partial charge in [0, 0.05) is 17.2 Å². The Kier molecular flexibility index (Phi) is 8.18. The molecule has 0 spiro atoms. The van der Waals surface area contributed by atoms with Crippen LogP contribution in [0.3, 0.4) is 0 Å². The molecular formula is C20H26O7S2. The molecule has 1 N–H and O–H groups in total. The maximum Gasteiger partial charge on any atom is 0.342 e. The summed E-state index contributed by atoms with van der Waals surface area (Å²) in [5, 5.41) is 0.0746. The molecule has 29 heavy (non-hydrogen) atoms. The lowest BCUT2D eigenvalue weighted by Crippen LogP contribution is -2.13. The van der Waals surface area contributed by atoms with Crippen LogP contribution in [0, 0.1) is 0 Å². The largest absolute Gasteiger partial charge is 0.342 e. The first-order valence-corrected chi connectivity index (χ1v) is 12.5. The summed E-state index contributed by atoms with van der Waals surface area (Å²) >= 11 is 0. The van der Waals surface area contributed by atoms with Crippen LogP contribution in [-0.2, 0) is 29.2 Å². The second kappa shape index (κ2) is 10.2. The second-order valence-corrected chi connectivity index (χ2v) is 9.77. The van der Waals surface area contributed by atoms with Gasteiger partial charge < -0.3 is 4.18 Å². The van der Waals surface area contributed by atoms with Gasteiger partial charge in [-0.2, -0.15) is 16.8 Å². The van der Waals surface area contributed by atoms with E-state index in [4.69, 9.17) is 4.18 Å². The van der Waals surface area contributed by atoms with Crippen molar-refractivity contribution in [3.05, 3.63) is 36.4 Å². The maximum absolute atomic E-state index is 12.6. The maximum atomic E-state index is 12.6. The van der Waals surface area contributed by atoms with Crippen molar-refractivity contribution in [3.8, 4) is 0 Å². The Bertz CT molecular complexity index is 1060. The topological polar surface area (TPSA) is 115 Å². The van der Waals surface area contributed by atoms with Gasteiger partial charge in [0.25, 0.3) is 10.1 Å². The first-order valence-electron chi connectivity index (χ1n) is 9.63. The molecule has 9 heteroatoms. The number of fused-ring (bicyclic) bond motifs is 1. The summed E-state index contributed by atoms with van der Waals surface area (Å²) in [6, 6.07) is 7.80. The highest BCUT2D eigenvalue weighted by Crippen LogP contribution is 2.29. The number of rotatable bonds is 11. The third-order valence-corrected chi connectivity index (χ3v) is 6.79. The van der Waals surface area contributed by atoms with Crippen LogP contribution in [0.5, 0.6) is 0 Å². The minimum atomic E-state index is -4.54. The molecule has 2 aromatic carbocycles. The van der Waals surface area contributed by atoms with E-state index >= 15 is 0 Å². The fourth-order valence-corrected chi connectivity index (χ4v) is 4.95. The summed E-state index contributed by atoms with van der Waals surface area (Å²) in [6.45, 7) is 2.13. The standard InChI is InChI=1S/C20H26O7S2/c1-2-3-4-5-6-7-8-15-20(21)27-29(25,26)19-14-10-11-16-17(19)12-9-13-18(16)28(22,23)24/h9-14H,2-8,15H2,1H3,(H,22,23,24). The number of benzene rings is 2. The second-order valence-electron chi connectivity index (χ2n) is 6.86. The van der Waals surface area contributed by atoms with Gasteiger partial charge in [0.15, 0.2) is 0 Å². The quantitative estimate of drug-likeness (QED) is 0.310. The summed E-state index contributed by atoms with van der Waals surface area (Å²) in [5.41, 5.74) is 0. The van der Waals surface area contributed by atoms with Crippen LogP contribution in [0.2, 0.25) is 0 Å². The van der Waals surface area contributed by atoms with E-state index in [9.17, 15) is 26.2 Å². The Morgan fingerprint density at radius 2 is 1.34 bits per heavy atom. The SMILES string of the molecule is CCCCCCCCCC(=O)OS(=O)(=O)c1cccc2c(S(=O)(=O)O)cccc12. The van der Waals surface area contributed by atoms with Gasteiger partial charge in [-0.3, -0.25) is 9.35 Å². The first kappa shape index (κ1) is 23.3. The fourth-order valence-electron chi connectivity index (χ4n) is 3.13. The lowest BCUT2D eigenvalue weighted by atomic mass is 10.1. The molecule has 7 nitrogen and oxygen atoms in total. The van der Waals surface area contributed by atoms with E-state index in [1.807, 2.05) is 0 Å². The molecular weight excluding hydrogens is 416 g/mol. The van der Waals surface area contributed by atoms with E-state index in [0.29, 0.717) is 6.42 Å². The summed E-state index contributed by atoms with van der Waals surface area (Å²) < 4.78 is 62.3. The van der Waals surface area contributed by atoms with Crippen molar-refractivity contribution in [2.45, 2.75) is 68.1 Å². The van der Waals surface area contributed by atoms with Crippen LogP contribution in [-0.4, -0.2) is 27.4 Å². The summed E-state index contributed by atoms with van der Waals surface area (Å²) in [6.07, 6.45) is 6.94. The smallest absolute Gasteiger partial charge is 0.342 e. The minimum Gasteiger partial charge on any atom is -0.342 e. The van der Waals surface area contributed by atoms with Crippen molar-refractivity contribution in [2.24, 2.45) is 0 Å². The van der Waals surface area contributed by atoms with Crippen LogP contribution < -0.4 is 0 Å². The summed E-state index contributed by atoms with van der Waals surface area (Å²) in [5.74, 6) is -0.846. The third-order valence-electron chi connectivity index (χ3n) is 4.58. The van der Waals surface area contributed by atoms with Crippen LogP contribution in [0.4, 0.5) is 0 Å². The van der Waals surface area contributed by atoms with Crippen molar-refractivity contribution in [1.82, 2.24) is 0 Å². The molecule has 2 aromatic rings. The molecule has 0 heterocycles. The Labute approximate surface area is 172 Å². The molecule has 0 fully saturated rings. The molecule has 0 unspecified atom stereocenters. The Balaban J connectivity index is 2.10. The van der Waals surface area contributed by atoms with Crippen LogP contribution in [0.25, 0.3) is 10.8 Å². The van der Waals surface area contributed by atoms with Crippen molar-refractivity contribution in [1.29, 1.82) is 0 Å². The molecule has 160 valence electrons. The monoisotopic (exact) mass is 442 g/mol. The fraction of sp³-hybridized carbons (Fsp3) is 0.450. The summed E-state index contributed by atoms with van der Waals surface area (Å²) in [7, 11) is -8.97. The number of hydrogen-bond donors (Lipinski definition) is 1. The highest BCUT2D eigenvalue weighted by molar-refractivity contribution is 7.87. The van der Waals surface area contributed by atoms with E-state index in [1.165, 1.54) is 42.8 Å². The van der Waals surface area contributed by atoms with Gasteiger partial charge in [0.1, 0.15) is 9.79 Å². The van der Waals surface area contributed by atoms with Crippen molar-refractivity contribution >= 4 is 37.0 Å². The molecule has 0 radical (unpaired) electrons. The zero-order valence-corrected chi connectivity index (χ0v) is 18.0. The van der Waals surface area contributed by atoms with E-state index in [0.717, 1.165) is 32.1 Å². The Morgan fingerprint density at radius 3 is 1.93 bits per heavy atom. The molecule has 0 aliphatic rings. The van der Waals surface area contributed by atoms with Gasteiger partial charge in [0.2, 0.25) is 0 Å². The molecule has 0 aliphatic heterocycles. The lowest BCUT2D eigenvalue weighted by Gasteiger charge is -2.10. The molecule has 0 saturated carbocycles. The highest BCUT2D eigenvalue weighted by Gasteiger charge is 2.24. The Morgan fingerprint density at radius 1 is 0.828 bits per heavy atom. The van der Waals surface area contributed by atoms with Gasteiger partial charge in [-0.1, -0.05) is 69.7 Å². The van der Waals surface area contributed by atoms with Crippen molar-refractivity contribution in [3.63, 3.8) is 0 Å². The van der Waals surface area contributed by atoms with E-state index in [-0.39, 0.29) is 22.1 Å². The molecule has 0 bridgehead atoms. The predicted molar refractivity (Wildman–Crippen MR) is 110 cm³/mol. The minimum absolute atomic E-state index is 0.00591. The van der Waals surface area contributed by atoms with Crippen LogP contribution in [0.15, 0.2) is 46.2 Å². The average molecular weight is 443 g/mol. The van der Waals surface area contributed by atoms with Gasteiger partial charge in [-0.05, 0) is 18.6 Å². The molecule has 0 aliphatic carbocycles. The zero-order valence-electron chi connectivity index (χ0n) is 16.3. The number of unbranched alkanes of at least 4 members (excludes halogenated alkanes) is 6. The molecule has 0 aromatic heterocycles. The van der Waals surface area contributed by atoms with Gasteiger partial charge >= 0.3 is 16.1 Å². The van der Waals surface area contributed by atoms with Gasteiger partial charge in [-0.25, -0.2) is 0 Å². The number of carbonyl (C=O) groups excluding carboxylic acids is 1. The predicted octanol–water partition coefficient (Wildman–Crippen LogP) is 4.46. The van der Waals surface area contributed by atoms with Crippen LogP contribution >= 0.6 is 0 Å². The van der Waals surface area contributed by atoms with Gasteiger partial charge in [-0.15, -0.1) is 0 Å². The van der Waals surface area contributed by atoms with E-state index in [2.05, 4.69) is 6.92 Å². The lowest BCUT2D eigenvalue weighted by molar-refractivity contribution is -0.133. The third kappa shape index (κ3) is 6.52. The number of carbonyl (C=O) groups is 1. The molecule has 0 saturated heterocycles. The molecule has 0 atom stereocenters. The normalized spacial score (nSPS) is 12.2. The molecule has 2 rings (SSSR count).